The van der Waals surface area contributed by atoms with E-state index in [1.54, 1.807) is 0 Å². The third-order valence-corrected chi connectivity index (χ3v) is 4.80. The lowest BCUT2D eigenvalue weighted by atomic mass is 9.89. The van der Waals surface area contributed by atoms with E-state index in [-0.39, 0.29) is 11.9 Å². The summed E-state index contributed by atoms with van der Waals surface area (Å²) in [6.45, 7) is 3.45. The van der Waals surface area contributed by atoms with Crippen LogP contribution in [-0.2, 0) is 17.9 Å². The number of carbonyl (C=O) groups is 1. The molecule has 0 aromatic heterocycles. The van der Waals surface area contributed by atoms with Crippen LogP contribution in [0.1, 0.15) is 17.5 Å². The Kier molecular flexibility index (Phi) is 2.98. The van der Waals surface area contributed by atoms with Gasteiger partial charge in [-0.1, -0.05) is 24.3 Å². The van der Waals surface area contributed by atoms with Gasteiger partial charge in [0.25, 0.3) is 0 Å². The molecule has 5 nitrogen and oxygen atoms in total. The van der Waals surface area contributed by atoms with E-state index in [0.29, 0.717) is 12.0 Å². The van der Waals surface area contributed by atoms with Crippen molar-refractivity contribution >= 4 is 5.91 Å². The molecule has 1 aromatic carbocycles. The number of piperidine rings is 1. The monoisotopic (exact) mass is 272 g/mol. The molecule has 2 saturated heterocycles. The van der Waals surface area contributed by atoms with Gasteiger partial charge in [0.05, 0.1) is 0 Å². The van der Waals surface area contributed by atoms with Gasteiger partial charge in [0, 0.05) is 31.6 Å². The van der Waals surface area contributed by atoms with Gasteiger partial charge in [-0.3, -0.25) is 10.2 Å². The van der Waals surface area contributed by atoms with Crippen molar-refractivity contribution in [2.75, 3.05) is 13.1 Å². The average Bonchev–Trinajstić information content (AvgIpc) is 3.10. The van der Waals surface area contributed by atoms with Crippen LogP contribution in [0, 0.1) is 5.92 Å². The molecular weight excluding hydrogens is 252 g/mol. The smallest absolute Gasteiger partial charge is 0.242 e. The Morgan fingerprint density at radius 3 is 2.65 bits per heavy atom. The Bertz CT molecular complexity index is 507. The summed E-state index contributed by atoms with van der Waals surface area (Å²) in [7, 11) is 0. The van der Waals surface area contributed by atoms with E-state index in [0.717, 1.165) is 32.6 Å². The lowest BCUT2D eigenvalue weighted by Gasteiger charge is -2.29. The first kappa shape index (κ1) is 12.3. The minimum Gasteiger partial charge on any atom is -0.333 e. The number of amides is 1. The molecule has 1 aromatic rings. The zero-order chi connectivity index (χ0) is 13.5. The third kappa shape index (κ3) is 1.93. The molecule has 0 radical (unpaired) electrons. The topological polar surface area (TPSA) is 56.4 Å². The number of nitrogens with zero attached hydrogens (tertiary/aromatic N) is 1. The third-order valence-electron chi connectivity index (χ3n) is 4.80. The van der Waals surface area contributed by atoms with Crippen molar-refractivity contribution in [3.8, 4) is 0 Å². The highest BCUT2D eigenvalue weighted by atomic mass is 16.2. The van der Waals surface area contributed by atoms with Crippen LogP contribution >= 0.6 is 0 Å². The molecule has 2 fully saturated rings. The van der Waals surface area contributed by atoms with Crippen molar-refractivity contribution in [1.82, 2.24) is 21.1 Å². The molecule has 5 heteroatoms. The van der Waals surface area contributed by atoms with E-state index in [4.69, 9.17) is 0 Å². The van der Waals surface area contributed by atoms with Crippen molar-refractivity contribution in [2.45, 2.75) is 31.6 Å². The fourth-order valence-corrected chi connectivity index (χ4v) is 3.65. The summed E-state index contributed by atoms with van der Waals surface area (Å²) < 4.78 is 0. The van der Waals surface area contributed by atoms with Gasteiger partial charge >= 0.3 is 0 Å². The molecule has 3 heterocycles. The summed E-state index contributed by atoms with van der Waals surface area (Å²) in [6, 6.07) is 8.66. The molecule has 0 saturated carbocycles. The summed E-state index contributed by atoms with van der Waals surface area (Å²) >= 11 is 0. The molecule has 1 amide bonds. The number of hydrogen-bond acceptors (Lipinski definition) is 4. The number of rotatable bonds is 1. The van der Waals surface area contributed by atoms with Crippen LogP contribution in [-0.4, -0.2) is 36.0 Å². The molecule has 20 heavy (non-hydrogen) atoms. The highest BCUT2D eigenvalue weighted by Gasteiger charge is 2.43. The molecule has 4 rings (SSSR count). The van der Waals surface area contributed by atoms with E-state index >= 15 is 0 Å². The van der Waals surface area contributed by atoms with E-state index in [9.17, 15) is 4.79 Å². The minimum atomic E-state index is -0.0953. The summed E-state index contributed by atoms with van der Waals surface area (Å²) in [4.78, 5) is 14.7. The molecule has 3 aliphatic heterocycles. The fourth-order valence-electron chi connectivity index (χ4n) is 3.65. The predicted molar refractivity (Wildman–Crippen MR) is 75.5 cm³/mol. The van der Waals surface area contributed by atoms with E-state index in [2.05, 4.69) is 28.3 Å². The largest absolute Gasteiger partial charge is 0.333 e. The molecular formula is C15H20N4O. The summed E-state index contributed by atoms with van der Waals surface area (Å²) in [5, 5.41) is 3.40. The lowest BCUT2D eigenvalue weighted by Crippen LogP contribution is -2.49. The van der Waals surface area contributed by atoms with Gasteiger partial charge in [-0.05, 0) is 24.1 Å². The number of benzene rings is 1. The van der Waals surface area contributed by atoms with Crippen LogP contribution in [0.5, 0.6) is 0 Å². The molecule has 3 atom stereocenters. The van der Waals surface area contributed by atoms with Crippen LogP contribution in [0.3, 0.4) is 0 Å². The Labute approximate surface area is 118 Å². The van der Waals surface area contributed by atoms with E-state index in [1.807, 2.05) is 17.0 Å². The second-order valence-electron chi connectivity index (χ2n) is 5.99. The molecule has 106 valence electrons. The Balaban J connectivity index is 1.49. The molecule has 3 unspecified atom stereocenters. The standard InChI is InChI=1S/C15H20N4O/c20-15(14-12-7-16-6-5-13(12)17-18-14)19-8-10-3-1-2-4-11(10)9-19/h1-4,12-14,16-18H,5-9H2. The number of carbonyl (C=O) groups excluding carboxylic acids is 1. The Hall–Kier alpha value is -1.43. The zero-order valence-corrected chi connectivity index (χ0v) is 11.4. The first-order chi connectivity index (χ1) is 9.83. The SMILES string of the molecule is O=C(C1NNC2CCNCC21)N1Cc2ccccc2C1. The van der Waals surface area contributed by atoms with Crippen LogP contribution in [0.2, 0.25) is 0 Å². The average molecular weight is 272 g/mol. The van der Waals surface area contributed by atoms with Crippen LogP contribution in [0.15, 0.2) is 24.3 Å². The second-order valence-corrected chi connectivity index (χ2v) is 5.99. The molecule has 0 bridgehead atoms. The molecule has 0 aliphatic carbocycles. The lowest BCUT2D eigenvalue weighted by molar-refractivity contribution is -0.134. The van der Waals surface area contributed by atoms with Crippen LogP contribution in [0.4, 0.5) is 0 Å². The van der Waals surface area contributed by atoms with Gasteiger partial charge in [-0.2, -0.15) is 0 Å². The highest BCUT2D eigenvalue weighted by molar-refractivity contribution is 5.83. The predicted octanol–water partition coefficient (Wildman–Crippen LogP) is -0.0167. The van der Waals surface area contributed by atoms with Crippen molar-refractivity contribution in [3.05, 3.63) is 35.4 Å². The summed E-state index contributed by atoms with van der Waals surface area (Å²) in [5.74, 6) is 0.588. The fraction of sp³-hybridized carbons (Fsp3) is 0.533. The molecule has 0 spiro atoms. The van der Waals surface area contributed by atoms with Gasteiger partial charge in [0.1, 0.15) is 6.04 Å². The summed E-state index contributed by atoms with van der Waals surface area (Å²) in [5.41, 5.74) is 9.08. The number of nitrogens with one attached hydrogen (secondary N) is 3. The maximum atomic E-state index is 12.8. The highest BCUT2D eigenvalue weighted by Crippen LogP contribution is 2.26. The zero-order valence-electron chi connectivity index (χ0n) is 11.4. The second kappa shape index (κ2) is 4.84. The van der Waals surface area contributed by atoms with Crippen molar-refractivity contribution in [1.29, 1.82) is 0 Å². The molecule has 3 aliphatic rings. The number of hydrogen-bond donors (Lipinski definition) is 3. The van der Waals surface area contributed by atoms with E-state index in [1.165, 1.54) is 11.1 Å². The van der Waals surface area contributed by atoms with Gasteiger partial charge in [0.15, 0.2) is 0 Å². The van der Waals surface area contributed by atoms with Crippen molar-refractivity contribution < 1.29 is 4.79 Å². The Morgan fingerprint density at radius 2 is 1.90 bits per heavy atom. The maximum absolute atomic E-state index is 12.8. The number of hydrazine groups is 1. The maximum Gasteiger partial charge on any atom is 0.242 e. The quantitative estimate of drug-likeness (QED) is 0.673. The first-order valence-electron chi connectivity index (χ1n) is 7.40. The van der Waals surface area contributed by atoms with E-state index < -0.39 is 0 Å². The number of fused-ring (bicyclic) bond motifs is 2. The van der Waals surface area contributed by atoms with Crippen LogP contribution < -0.4 is 16.2 Å². The van der Waals surface area contributed by atoms with Crippen molar-refractivity contribution in [3.63, 3.8) is 0 Å². The Morgan fingerprint density at radius 1 is 1.15 bits per heavy atom. The van der Waals surface area contributed by atoms with Gasteiger partial charge in [0.2, 0.25) is 5.91 Å². The summed E-state index contributed by atoms with van der Waals surface area (Å²) in [6.07, 6.45) is 1.08. The normalized spacial score (nSPS) is 32.0. The van der Waals surface area contributed by atoms with Crippen molar-refractivity contribution in [2.24, 2.45) is 5.92 Å². The first-order valence-corrected chi connectivity index (χ1v) is 7.40. The van der Waals surface area contributed by atoms with Crippen LogP contribution in [0.25, 0.3) is 0 Å². The minimum absolute atomic E-state index is 0.0953. The molecule has 3 N–H and O–H groups in total. The van der Waals surface area contributed by atoms with Gasteiger partial charge in [-0.15, -0.1) is 0 Å². The van der Waals surface area contributed by atoms with Gasteiger partial charge < -0.3 is 10.2 Å². The van der Waals surface area contributed by atoms with Gasteiger partial charge in [-0.25, -0.2) is 5.43 Å².